The predicted molar refractivity (Wildman–Crippen MR) is 111 cm³/mol. The highest BCUT2D eigenvalue weighted by atomic mass is 16.1. The molecule has 1 aromatic heterocycles. The Balaban J connectivity index is 1.67. The van der Waals surface area contributed by atoms with Crippen molar-refractivity contribution in [1.29, 1.82) is 0 Å². The van der Waals surface area contributed by atoms with E-state index in [1.807, 2.05) is 29.2 Å². The van der Waals surface area contributed by atoms with E-state index in [2.05, 4.69) is 39.6 Å². The van der Waals surface area contributed by atoms with Crippen LogP contribution in [-0.2, 0) is 11.3 Å². The number of carbonyl (C=O) groups excluding carboxylic acids is 1. The molecule has 2 heterocycles. The Morgan fingerprint density at radius 2 is 2.07 bits per heavy atom. The largest absolute Gasteiger partial charge is 0.359 e. The summed E-state index contributed by atoms with van der Waals surface area (Å²) in [4.78, 5) is 23.0. The Labute approximate surface area is 166 Å². The first-order chi connectivity index (χ1) is 13.7. The molecule has 150 valence electrons. The molecule has 0 radical (unpaired) electrons. The van der Waals surface area contributed by atoms with E-state index in [4.69, 9.17) is 4.99 Å². The maximum atomic E-state index is 11.6. The van der Waals surface area contributed by atoms with Gasteiger partial charge in [0.25, 0.3) is 0 Å². The summed E-state index contributed by atoms with van der Waals surface area (Å²) >= 11 is 0. The first-order valence-corrected chi connectivity index (χ1v) is 10.0. The molecule has 0 bridgehead atoms. The normalized spacial score (nSPS) is 15.5. The van der Waals surface area contributed by atoms with Gasteiger partial charge in [0.15, 0.2) is 5.96 Å². The highest BCUT2D eigenvalue weighted by Gasteiger charge is 2.23. The number of piperidine rings is 1. The van der Waals surface area contributed by atoms with Crippen LogP contribution in [0.3, 0.4) is 0 Å². The fourth-order valence-corrected chi connectivity index (χ4v) is 3.60. The summed E-state index contributed by atoms with van der Waals surface area (Å²) in [6, 6.07) is 8.27. The number of amides is 1. The van der Waals surface area contributed by atoms with E-state index in [1.165, 1.54) is 0 Å². The molecule has 0 unspecified atom stereocenters. The number of benzene rings is 1. The highest BCUT2D eigenvalue weighted by molar-refractivity contribution is 5.80. The zero-order valence-electron chi connectivity index (χ0n) is 16.8. The van der Waals surface area contributed by atoms with E-state index >= 15 is 0 Å². The highest BCUT2D eigenvalue weighted by Crippen LogP contribution is 2.21. The van der Waals surface area contributed by atoms with Crippen molar-refractivity contribution in [2.75, 3.05) is 26.7 Å². The van der Waals surface area contributed by atoms with E-state index in [9.17, 15) is 4.79 Å². The number of nitrogens with one attached hydrogen (secondary N) is 2. The van der Waals surface area contributed by atoms with Gasteiger partial charge in [-0.05, 0) is 37.3 Å². The maximum absolute atomic E-state index is 11.6. The van der Waals surface area contributed by atoms with Crippen LogP contribution in [0.5, 0.6) is 0 Å². The Morgan fingerprint density at radius 3 is 2.75 bits per heavy atom. The summed E-state index contributed by atoms with van der Waals surface area (Å²) in [5.41, 5.74) is 2.26. The Hall–Kier alpha value is -2.83. The third kappa shape index (κ3) is 5.12. The topological polar surface area (TPSA) is 74.5 Å². The van der Waals surface area contributed by atoms with E-state index < -0.39 is 0 Å². The summed E-state index contributed by atoms with van der Waals surface area (Å²) in [6.07, 6.45) is 8.20. The Bertz CT molecular complexity index is 778. The van der Waals surface area contributed by atoms with Crippen LogP contribution in [0, 0.1) is 5.92 Å². The van der Waals surface area contributed by atoms with Crippen molar-refractivity contribution >= 4 is 11.9 Å². The number of aliphatic imine (C=N–C) groups is 1. The molecule has 7 heteroatoms. The van der Waals surface area contributed by atoms with E-state index in [-0.39, 0.29) is 5.91 Å². The van der Waals surface area contributed by atoms with Gasteiger partial charge >= 0.3 is 0 Å². The maximum Gasteiger partial charge on any atom is 0.220 e. The summed E-state index contributed by atoms with van der Waals surface area (Å²) in [5, 5.41) is 6.15. The van der Waals surface area contributed by atoms with Crippen LogP contribution in [0.4, 0.5) is 0 Å². The molecule has 2 aromatic rings. The van der Waals surface area contributed by atoms with Crippen molar-refractivity contribution in [3.8, 4) is 5.69 Å². The lowest BCUT2D eigenvalue weighted by Crippen LogP contribution is -2.46. The number of rotatable bonds is 6. The third-order valence-corrected chi connectivity index (χ3v) is 5.18. The number of guanidine groups is 1. The minimum absolute atomic E-state index is 0.134. The van der Waals surface area contributed by atoms with Crippen molar-refractivity contribution < 1.29 is 4.79 Å². The summed E-state index contributed by atoms with van der Waals surface area (Å²) in [6.45, 7) is 5.38. The van der Waals surface area contributed by atoms with Crippen LogP contribution in [0.1, 0.15) is 31.7 Å². The van der Waals surface area contributed by atoms with Gasteiger partial charge in [-0.1, -0.05) is 18.2 Å². The molecule has 0 aliphatic carbocycles. The SMILES string of the molecule is CCNC(=NCc1ccccc1-n1ccnc1)N1CCC(CC(=O)NC)CC1. The minimum Gasteiger partial charge on any atom is -0.359 e. The average Bonchev–Trinajstić information content (AvgIpc) is 3.26. The van der Waals surface area contributed by atoms with Crippen LogP contribution in [0.15, 0.2) is 48.0 Å². The number of likely N-dealkylation sites (tertiary alicyclic amines) is 1. The predicted octanol–water partition coefficient (Wildman–Crippen LogP) is 2.19. The fourth-order valence-electron chi connectivity index (χ4n) is 3.60. The molecular formula is C21H30N6O. The van der Waals surface area contributed by atoms with Crippen molar-refractivity contribution in [3.05, 3.63) is 48.5 Å². The number of carbonyl (C=O) groups is 1. The second-order valence-corrected chi connectivity index (χ2v) is 7.08. The number of hydrogen-bond donors (Lipinski definition) is 2. The minimum atomic E-state index is 0.134. The fraction of sp³-hybridized carbons (Fsp3) is 0.476. The number of aromatic nitrogens is 2. The molecule has 28 heavy (non-hydrogen) atoms. The molecule has 1 aliphatic rings. The zero-order valence-corrected chi connectivity index (χ0v) is 16.8. The number of para-hydroxylation sites is 1. The van der Waals surface area contributed by atoms with E-state index in [0.717, 1.165) is 49.7 Å². The molecule has 1 fully saturated rings. The van der Waals surface area contributed by atoms with Gasteiger partial charge in [-0.2, -0.15) is 0 Å². The number of hydrogen-bond acceptors (Lipinski definition) is 3. The second kappa shape index (κ2) is 9.92. The molecular weight excluding hydrogens is 352 g/mol. The van der Waals surface area contributed by atoms with Gasteiger partial charge in [-0.3, -0.25) is 4.79 Å². The van der Waals surface area contributed by atoms with Crippen molar-refractivity contribution in [1.82, 2.24) is 25.1 Å². The van der Waals surface area contributed by atoms with Crippen LogP contribution >= 0.6 is 0 Å². The average molecular weight is 383 g/mol. The molecule has 0 spiro atoms. The standard InChI is InChI=1S/C21H30N6O/c1-3-24-21(26-11-8-17(9-12-26)14-20(28)22-2)25-15-18-6-4-5-7-19(18)27-13-10-23-16-27/h4-7,10,13,16-17H,3,8-9,11-12,14-15H2,1-2H3,(H,22,28)(H,24,25). The molecule has 2 N–H and O–H groups in total. The summed E-state index contributed by atoms with van der Waals surface area (Å²) < 4.78 is 2.02. The van der Waals surface area contributed by atoms with Gasteiger partial charge in [-0.15, -0.1) is 0 Å². The Morgan fingerprint density at radius 1 is 1.29 bits per heavy atom. The zero-order chi connectivity index (χ0) is 19.8. The van der Waals surface area contributed by atoms with Gasteiger partial charge in [-0.25, -0.2) is 9.98 Å². The van der Waals surface area contributed by atoms with Crippen molar-refractivity contribution in [3.63, 3.8) is 0 Å². The van der Waals surface area contributed by atoms with Crippen molar-refractivity contribution in [2.24, 2.45) is 10.9 Å². The lowest BCUT2D eigenvalue weighted by Gasteiger charge is -2.34. The summed E-state index contributed by atoms with van der Waals surface area (Å²) in [7, 11) is 1.70. The molecule has 1 aliphatic heterocycles. The summed E-state index contributed by atoms with van der Waals surface area (Å²) in [5.74, 6) is 1.54. The lowest BCUT2D eigenvalue weighted by molar-refractivity contribution is -0.121. The van der Waals surface area contributed by atoms with Crippen LogP contribution in [-0.4, -0.2) is 53.0 Å². The third-order valence-electron chi connectivity index (χ3n) is 5.18. The molecule has 0 atom stereocenters. The monoisotopic (exact) mass is 382 g/mol. The first kappa shape index (κ1) is 19.9. The van der Waals surface area contributed by atoms with Crippen LogP contribution < -0.4 is 10.6 Å². The number of imidazole rings is 1. The van der Waals surface area contributed by atoms with E-state index in [0.29, 0.717) is 18.9 Å². The van der Waals surface area contributed by atoms with Crippen LogP contribution in [0.2, 0.25) is 0 Å². The smallest absolute Gasteiger partial charge is 0.220 e. The number of nitrogens with zero attached hydrogens (tertiary/aromatic N) is 4. The Kier molecular flexibility index (Phi) is 7.06. The van der Waals surface area contributed by atoms with Crippen molar-refractivity contribution in [2.45, 2.75) is 32.7 Å². The van der Waals surface area contributed by atoms with Gasteiger partial charge in [0.2, 0.25) is 5.91 Å². The molecule has 7 nitrogen and oxygen atoms in total. The van der Waals surface area contributed by atoms with E-state index in [1.54, 1.807) is 13.2 Å². The molecule has 1 amide bonds. The molecule has 1 saturated heterocycles. The van der Waals surface area contributed by atoms with Gasteiger partial charge in [0.1, 0.15) is 0 Å². The lowest BCUT2D eigenvalue weighted by atomic mass is 9.93. The first-order valence-electron chi connectivity index (χ1n) is 10.0. The molecule has 3 rings (SSSR count). The molecule has 0 saturated carbocycles. The van der Waals surface area contributed by atoms with Gasteiger partial charge in [0.05, 0.1) is 18.6 Å². The van der Waals surface area contributed by atoms with Gasteiger partial charge < -0.3 is 20.1 Å². The quantitative estimate of drug-likeness (QED) is 0.593. The van der Waals surface area contributed by atoms with Gasteiger partial charge in [0, 0.05) is 45.5 Å². The van der Waals surface area contributed by atoms with Crippen LogP contribution in [0.25, 0.3) is 5.69 Å². The second-order valence-electron chi connectivity index (χ2n) is 7.08. The molecule has 1 aromatic carbocycles.